The van der Waals surface area contributed by atoms with Crippen molar-refractivity contribution < 1.29 is 13.2 Å². The minimum atomic E-state index is -3.62. The molecule has 0 atom stereocenters. The predicted octanol–water partition coefficient (Wildman–Crippen LogP) is 2.66. The van der Waals surface area contributed by atoms with Crippen LogP contribution in [0.3, 0.4) is 0 Å². The molecule has 1 aromatic heterocycles. The number of hydrogen-bond acceptors (Lipinski definition) is 5. The van der Waals surface area contributed by atoms with Gasteiger partial charge in [0.05, 0.1) is 10.3 Å². The summed E-state index contributed by atoms with van der Waals surface area (Å²) >= 11 is 0. The third-order valence-electron chi connectivity index (χ3n) is 5.32. The summed E-state index contributed by atoms with van der Waals surface area (Å²) in [4.78, 5) is 25.0. The van der Waals surface area contributed by atoms with Crippen molar-refractivity contribution >= 4 is 32.4 Å². The number of anilines is 1. The molecule has 1 aliphatic heterocycles. The fourth-order valence-electron chi connectivity index (χ4n) is 3.62. The number of benzene rings is 2. The number of H-pyrrole nitrogens is 1. The topological polar surface area (TPSA) is 112 Å². The first-order chi connectivity index (χ1) is 14.4. The van der Waals surface area contributed by atoms with Gasteiger partial charge in [0.1, 0.15) is 0 Å². The van der Waals surface area contributed by atoms with E-state index in [0.29, 0.717) is 29.5 Å². The summed E-state index contributed by atoms with van der Waals surface area (Å²) in [6.07, 6.45) is 2.72. The van der Waals surface area contributed by atoms with Crippen molar-refractivity contribution in [1.82, 2.24) is 14.5 Å². The molecule has 1 amide bonds. The lowest BCUT2D eigenvalue weighted by Gasteiger charge is -2.26. The molecule has 9 heteroatoms. The fourth-order valence-corrected chi connectivity index (χ4v) is 5.16. The van der Waals surface area contributed by atoms with E-state index in [2.05, 4.69) is 15.5 Å². The Kier molecular flexibility index (Phi) is 5.40. The second kappa shape index (κ2) is 8.00. The van der Waals surface area contributed by atoms with Gasteiger partial charge in [0.25, 0.3) is 11.5 Å². The lowest BCUT2D eigenvalue weighted by Crippen LogP contribution is -2.35. The number of aromatic amines is 1. The van der Waals surface area contributed by atoms with Crippen LogP contribution in [0.2, 0.25) is 0 Å². The molecule has 8 nitrogen and oxygen atoms in total. The van der Waals surface area contributed by atoms with Crippen LogP contribution in [-0.2, 0) is 10.0 Å². The number of carbonyl (C=O) groups excluding carboxylic acids is 1. The van der Waals surface area contributed by atoms with Crippen LogP contribution in [0, 0.1) is 6.92 Å². The van der Waals surface area contributed by atoms with Crippen molar-refractivity contribution in [2.24, 2.45) is 0 Å². The summed E-state index contributed by atoms with van der Waals surface area (Å²) in [6.45, 7) is 2.79. The highest BCUT2D eigenvalue weighted by molar-refractivity contribution is 7.89. The monoisotopic (exact) mass is 426 g/mol. The van der Waals surface area contributed by atoms with Crippen molar-refractivity contribution in [3.8, 4) is 0 Å². The number of aromatic nitrogens is 2. The van der Waals surface area contributed by atoms with E-state index in [4.69, 9.17) is 0 Å². The average Bonchev–Trinajstić information content (AvgIpc) is 2.76. The van der Waals surface area contributed by atoms with E-state index in [-0.39, 0.29) is 16.1 Å². The number of sulfonamides is 1. The predicted molar refractivity (Wildman–Crippen MR) is 114 cm³/mol. The molecule has 2 aromatic carbocycles. The molecule has 1 saturated heterocycles. The third kappa shape index (κ3) is 3.73. The SMILES string of the molecule is Cc1ccc(S(=O)(=O)N2CCCCC2)cc1NC(=O)c1n[nH]c(=O)c2ccccc12. The van der Waals surface area contributed by atoms with Gasteiger partial charge in [-0.3, -0.25) is 9.59 Å². The van der Waals surface area contributed by atoms with E-state index in [0.717, 1.165) is 24.8 Å². The molecule has 4 rings (SSSR count). The van der Waals surface area contributed by atoms with Gasteiger partial charge in [-0.2, -0.15) is 9.40 Å². The largest absolute Gasteiger partial charge is 0.320 e. The van der Waals surface area contributed by atoms with Gasteiger partial charge in [0, 0.05) is 24.2 Å². The maximum atomic E-state index is 13.0. The molecule has 0 saturated carbocycles. The van der Waals surface area contributed by atoms with Crippen molar-refractivity contribution in [2.45, 2.75) is 31.1 Å². The van der Waals surface area contributed by atoms with Crippen LogP contribution in [0.1, 0.15) is 35.3 Å². The lowest BCUT2D eigenvalue weighted by molar-refractivity contribution is 0.102. The van der Waals surface area contributed by atoms with E-state index >= 15 is 0 Å². The first-order valence-electron chi connectivity index (χ1n) is 9.77. The van der Waals surface area contributed by atoms with Gasteiger partial charge < -0.3 is 5.32 Å². The quantitative estimate of drug-likeness (QED) is 0.666. The van der Waals surface area contributed by atoms with Gasteiger partial charge in [-0.1, -0.05) is 30.7 Å². The van der Waals surface area contributed by atoms with Crippen LogP contribution in [-0.4, -0.2) is 41.9 Å². The Bertz CT molecular complexity index is 1280. The van der Waals surface area contributed by atoms with Crippen molar-refractivity contribution in [1.29, 1.82) is 0 Å². The molecule has 0 radical (unpaired) electrons. The highest BCUT2D eigenvalue weighted by atomic mass is 32.2. The Morgan fingerprint density at radius 1 is 1.07 bits per heavy atom. The van der Waals surface area contributed by atoms with Crippen molar-refractivity contribution in [3.63, 3.8) is 0 Å². The van der Waals surface area contributed by atoms with E-state index in [1.165, 1.54) is 10.4 Å². The standard InChI is InChI=1S/C21H22N4O4S/c1-14-9-10-15(30(28,29)25-11-5-2-6-12-25)13-18(14)22-21(27)19-16-7-3-4-8-17(16)20(26)24-23-19/h3-4,7-10,13H,2,5-6,11-12H2,1H3,(H,22,27)(H,24,26). The molecule has 0 bridgehead atoms. The molecule has 0 aliphatic carbocycles. The Morgan fingerprint density at radius 3 is 2.50 bits per heavy atom. The van der Waals surface area contributed by atoms with Gasteiger partial charge in [-0.25, -0.2) is 13.5 Å². The molecular weight excluding hydrogens is 404 g/mol. The summed E-state index contributed by atoms with van der Waals surface area (Å²) in [5, 5.41) is 9.76. The fraction of sp³-hybridized carbons (Fsp3) is 0.286. The van der Waals surface area contributed by atoms with Crippen LogP contribution in [0.4, 0.5) is 5.69 Å². The Hall–Kier alpha value is -3.04. The maximum Gasteiger partial charge on any atom is 0.276 e. The molecule has 1 fully saturated rings. The van der Waals surface area contributed by atoms with E-state index < -0.39 is 15.9 Å². The summed E-state index contributed by atoms with van der Waals surface area (Å²) < 4.78 is 27.4. The minimum absolute atomic E-state index is 0.0638. The number of piperidine rings is 1. The van der Waals surface area contributed by atoms with Crippen LogP contribution in [0.15, 0.2) is 52.2 Å². The molecule has 0 spiro atoms. The van der Waals surface area contributed by atoms with Crippen LogP contribution >= 0.6 is 0 Å². The first-order valence-corrected chi connectivity index (χ1v) is 11.2. The van der Waals surface area contributed by atoms with E-state index in [1.807, 2.05) is 0 Å². The molecule has 2 N–H and O–H groups in total. The van der Waals surface area contributed by atoms with Crippen molar-refractivity contribution in [3.05, 3.63) is 64.1 Å². The second-order valence-corrected chi connectivity index (χ2v) is 9.28. The molecule has 30 heavy (non-hydrogen) atoms. The zero-order chi connectivity index (χ0) is 21.3. The van der Waals surface area contributed by atoms with Crippen LogP contribution in [0.25, 0.3) is 10.8 Å². The summed E-state index contributed by atoms with van der Waals surface area (Å²) in [5.41, 5.74) is 0.784. The van der Waals surface area contributed by atoms with Crippen LogP contribution in [0.5, 0.6) is 0 Å². The van der Waals surface area contributed by atoms with E-state index in [1.54, 1.807) is 43.3 Å². The molecule has 3 aromatic rings. The third-order valence-corrected chi connectivity index (χ3v) is 7.22. The highest BCUT2D eigenvalue weighted by Gasteiger charge is 2.26. The Balaban J connectivity index is 1.67. The Morgan fingerprint density at radius 2 is 1.77 bits per heavy atom. The number of nitrogens with one attached hydrogen (secondary N) is 2. The summed E-state index contributed by atoms with van der Waals surface area (Å²) in [5.74, 6) is -0.530. The molecule has 2 heterocycles. The normalized spacial score (nSPS) is 15.2. The number of amides is 1. The molecule has 156 valence electrons. The molecule has 0 unspecified atom stereocenters. The van der Waals surface area contributed by atoms with Gasteiger partial charge >= 0.3 is 0 Å². The number of fused-ring (bicyclic) bond motifs is 1. The lowest BCUT2D eigenvalue weighted by atomic mass is 10.1. The highest BCUT2D eigenvalue weighted by Crippen LogP contribution is 2.26. The van der Waals surface area contributed by atoms with E-state index in [9.17, 15) is 18.0 Å². The number of carbonyl (C=O) groups is 1. The van der Waals surface area contributed by atoms with Crippen molar-refractivity contribution in [2.75, 3.05) is 18.4 Å². The zero-order valence-corrected chi connectivity index (χ0v) is 17.3. The maximum absolute atomic E-state index is 13.0. The van der Waals surface area contributed by atoms with Gasteiger partial charge in [0.15, 0.2) is 5.69 Å². The summed E-state index contributed by atoms with van der Waals surface area (Å²) in [7, 11) is -3.62. The zero-order valence-electron chi connectivity index (χ0n) is 16.5. The Labute approximate surface area is 174 Å². The minimum Gasteiger partial charge on any atom is -0.320 e. The first kappa shape index (κ1) is 20.2. The number of hydrogen-bond donors (Lipinski definition) is 2. The molecule has 1 aliphatic rings. The second-order valence-electron chi connectivity index (χ2n) is 7.34. The number of nitrogens with zero attached hydrogens (tertiary/aromatic N) is 2. The van der Waals surface area contributed by atoms with Gasteiger partial charge in [-0.05, 0) is 43.5 Å². The smallest absolute Gasteiger partial charge is 0.276 e. The average molecular weight is 426 g/mol. The van der Waals surface area contributed by atoms with Gasteiger partial charge in [0.2, 0.25) is 10.0 Å². The molecular formula is C21H22N4O4S. The van der Waals surface area contributed by atoms with Gasteiger partial charge in [-0.15, -0.1) is 0 Å². The number of rotatable bonds is 4. The summed E-state index contributed by atoms with van der Waals surface area (Å²) in [6, 6.07) is 11.4. The van der Waals surface area contributed by atoms with Crippen LogP contribution < -0.4 is 10.9 Å². The number of aryl methyl sites for hydroxylation is 1.